The Morgan fingerprint density at radius 3 is 2.41 bits per heavy atom. The maximum Gasteiger partial charge on any atom is 0.499 e. The van der Waals surface area contributed by atoms with Gasteiger partial charge >= 0.3 is 13.1 Å². The zero-order valence-corrected chi connectivity index (χ0v) is 15.6. The first-order valence-electron chi connectivity index (χ1n) is 7.34. The maximum atomic E-state index is 12.3. The van der Waals surface area contributed by atoms with Crippen LogP contribution in [0.5, 0.6) is 0 Å². The van der Waals surface area contributed by atoms with Crippen molar-refractivity contribution < 1.29 is 24.4 Å². The summed E-state index contributed by atoms with van der Waals surface area (Å²) in [5.74, 6) is -0.846. The van der Waals surface area contributed by atoms with Gasteiger partial charge in [-0.15, -0.1) is 11.3 Å². The number of carbonyl (C=O) groups is 1. The van der Waals surface area contributed by atoms with Crippen molar-refractivity contribution in [2.75, 3.05) is 6.61 Å². The molecule has 1 rings (SSSR count). The lowest BCUT2D eigenvalue weighted by atomic mass is 9.89. The normalized spacial score (nSPS) is 13.8. The smallest absolute Gasteiger partial charge is 0.465 e. The summed E-state index contributed by atoms with van der Waals surface area (Å²) in [5.41, 5.74) is 0. The largest absolute Gasteiger partial charge is 0.499 e. The van der Waals surface area contributed by atoms with Crippen LogP contribution in [-0.2, 0) is 9.53 Å². The van der Waals surface area contributed by atoms with E-state index < -0.39 is 21.4 Å². The molecule has 0 saturated heterocycles. The van der Waals surface area contributed by atoms with Gasteiger partial charge in [-0.3, -0.25) is 4.79 Å². The molecule has 124 valence electrons. The summed E-state index contributed by atoms with van der Waals surface area (Å²) in [6, 6.07) is 3.33. The molecule has 8 heteroatoms. The zero-order valence-electron chi connectivity index (χ0n) is 13.8. The molecule has 0 bridgehead atoms. The monoisotopic (exact) mass is 344 g/mol. The molecule has 0 aliphatic heterocycles. The van der Waals surface area contributed by atoms with Crippen molar-refractivity contribution in [1.29, 1.82) is 0 Å². The summed E-state index contributed by atoms with van der Waals surface area (Å²) < 4.78 is 5.55. The van der Waals surface area contributed by atoms with Crippen LogP contribution < -0.4 is 4.78 Å². The standard InChI is InChI=1S/C14H25BO5SSi/c1-6-20-13(16)10(9-14(2,3)22(4,5)19)11-7-8-12(21-11)15(17)18/h7-8,10,17-19H,6,9H2,1-5H3. The van der Waals surface area contributed by atoms with E-state index in [1.54, 1.807) is 19.1 Å². The Morgan fingerprint density at radius 1 is 1.41 bits per heavy atom. The minimum absolute atomic E-state index is 0.288. The van der Waals surface area contributed by atoms with E-state index in [1.165, 1.54) is 11.3 Å². The Hall–Kier alpha value is -0.668. The average Bonchev–Trinajstić information content (AvgIpc) is 2.84. The second-order valence-corrected chi connectivity index (χ2v) is 12.2. The van der Waals surface area contributed by atoms with E-state index in [2.05, 4.69) is 0 Å². The summed E-state index contributed by atoms with van der Waals surface area (Å²) in [7, 11) is -4.01. The third-order valence-corrected chi connectivity index (χ3v) is 8.94. The van der Waals surface area contributed by atoms with E-state index in [0.717, 1.165) is 4.88 Å². The summed E-state index contributed by atoms with van der Waals surface area (Å²) in [6.45, 7) is 9.67. The van der Waals surface area contributed by atoms with Crippen LogP contribution in [0, 0.1) is 0 Å². The highest BCUT2D eigenvalue weighted by atomic mass is 32.1. The van der Waals surface area contributed by atoms with Gasteiger partial charge in [0.1, 0.15) is 0 Å². The van der Waals surface area contributed by atoms with E-state index in [9.17, 15) is 19.6 Å². The predicted molar refractivity (Wildman–Crippen MR) is 91.9 cm³/mol. The molecule has 1 aromatic heterocycles. The van der Waals surface area contributed by atoms with Gasteiger partial charge in [-0.2, -0.15) is 0 Å². The Morgan fingerprint density at radius 2 is 2.00 bits per heavy atom. The van der Waals surface area contributed by atoms with Crippen LogP contribution in [0.2, 0.25) is 18.1 Å². The summed E-state index contributed by atoms with van der Waals surface area (Å²) in [6.07, 6.45) is 0.461. The molecule has 1 atom stereocenters. The number of ether oxygens (including phenoxy) is 1. The van der Waals surface area contributed by atoms with Crippen molar-refractivity contribution in [3.05, 3.63) is 17.0 Å². The van der Waals surface area contributed by atoms with Crippen molar-refractivity contribution in [2.45, 2.75) is 51.2 Å². The molecule has 5 nitrogen and oxygen atoms in total. The van der Waals surface area contributed by atoms with Crippen molar-refractivity contribution in [3.8, 4) is 0 Å². The van der Waals surface area contributed by atoms with E-state index in [4.69, 9.17) is 4.74 Å². The Bertz CT molecular complexity index is 510. The average molecular weight is 344 g/mol. The molecular weight excluding hydrogens is 319 g/mol. The van der Waals surface area contributed by atoms with Gasteiger partial charge in [-0.1, -0.05) is 19.9 Å². The topological polar surface area (TPSA) is 87.0 Å². The fourth-order valence-corrected chi connectivity index (χ4v) is 3.67. The van der Waals surface area contributed by atoms with Crippen LogP contribution in [-0.4, -0.2) is 42.9 Å². The first-order chi connectivity index (χ1) is 9.99. The number of carbonyl (C=O) groups excluding carboxylic acids is 1. The first-order valence-corrected chi connectivity index (χ1v) is 11.1. The number of thiophene rings is 1. The third kappa shape index (κ3) is 4.66. The van der Waals surface area contributed by atoms with Crippen LogP contribution in [0.25, 0.3) is 0 Å². The van der Waals surface area contributed by atoms with E-state index in [0.29, 0.717) is 11.2 Å². The van der Waals surface area contributed by atoms with Gasteiger partial charge < -0.3 is 19.6 Å². The molecule has 0 aliphatic carbocycles. The quantitative estimate of drug-likeness (QED) is 0.515. The van der Waals surface area contributed by atoms with Gasteiger partial charge in [0.25, 0.3) is 0 Å². The van der Waals surface area contributed by atoms with Gasteiger partial charge in [-0.25, -0.2) is 0 Å². The predicted octanol–water partition coefficient (Wildman–Crippen LogP) is 1.44. The highest BCUT2D eigenvalue weighted by Crippen LogP contribution is 2.45. The minimum atomic E-state index is -2.47. The number of hydrogen-bond acceptors (Lipinski definition) is 6. The summed E-state index contributed by atoms with van der Waals surface area (Å²) in [5, 5.41) is 18.1. The number of hydrogen-bond donors (Lipinski definition) is 3. The zero-order chi connectivity index (χ0) is 17.1. The fourth-order valence-electron chi connectivity index (χ4n) is 2.00. The molecule has 0 amide bonds. The Labute approximate surface area is 137 Å². The van der Waals surface area contributed by atoms with Gasteiger partial charge in [0.15, 0.2) is 8.32 Å². The molecule has 0 spiro atoms. The molecule has 3 N–H and O–H groups in total. The molecule has 0 saturated carbocycles. The second-order valence-electron chi connectivity index (χ2n) is 6.57. The number of esters is 1. The lowest BCUT2D eigenvalue weighted by Gasteiger charge is -2.37. The van der Waals surface area contributed by atoms with E-state index >= 15 is 0 Å². The first kappa shape index (κ1) is 19.4. The molecule has 1 unspecified atom stereocenters. The van der Waals surface area contributed by atoms with E-state index in [1.807, 2.05) is 26.9 Å². The van der Waals surface area contributed by atoms with Crippen molar-refractivity contribution in [1.82, 2.24) is 0 Å². The SMILES string of the molecule is CCOC(=O)C(CC(C)(C)[Si](C)(C)O)c1ccc(B(O)O)s1. The molecule has 1 heterocycles. The highest BCUT2D eigenvalue weighted by molar-refractivity contribution is 7.22. The lowest BCUT2D eigenvalue weighted by molar-refractivity contribution is -0.145. The van der Waals surface area contributed by atoms with Gasteiger partial charge in [0, 0.05) is 9.65 Å². The minimum Gasteiger partial charge on any atom is -0.465 e. The Kier molecular flexibility index (Phi) is 6.40. The Balaban J connectivity index is 3.10. The van der Waals surface area contributed by atoms with Crippen LogP contribution in [0.1, 0.15) is 38.0 Å². The lowest BCUT2D eigenvalue weighted by Crippen LogP contribution is -2.40. The summed E-state index contributed by atoms with van der Waals surface area (Å²) in [4.78, 5) is 23.5. The fraction of sp³-hybridized carbons (Fsp3) is 0.643. The van der Waals surface area contributed by atoms with Crippen molar-refractivity contribution >= 4 is 37.5 Å². The molecule has 0 aliphatic rings. The third-order valence-electron chi connectivity index (χ3n) is 4.19. The van der Waals surface area contributed by atoms with Crippen molar-refractivity contribution in [2.24, 2.45) is 0 Å². The van der Waals surface area contributed by atoms with Crippen LogP contribution in [0.15, 0.2) is 12.1 Å². The van der Waals surface area contributed by atoms with Gasteiger partial charge in [0.2, 0.25) is 0 Å². The summed E-state index contributed by atoms with van der Waals surface area (Å²) >= 11 is 1.19. The molecule has 22 heavy (non-hydrogen) atoms. The van der Waals surface area contributed by atoms with E-state index in [-0.39, 0.29) is 17.6 Å². The van der Waals surface area contributed by atoms with Crippen LogP contribution >= 0.6 is 11.3 Å². The van der Waals surface area contributed by atoms with Gasteiger partial charge in [-0.05, 0) is 37.5 Å². The van der Waals surface area contributed by atoms with Crippen molar-refractivity contribution in [3.63, 3.8) is 0 Å². The van der Waals surface area contributed by atoms with Gasteiger partial charge in [0.05, 0.1) is 12.5 Å². The van der Waals surface area contributed by atoms with Crippen LogP contribution in [0.3, 0.4) is 0 Å². The molecule has 0 radical (unpaired) electrons. The molecule has 0 aromatic carbocycles. The second kappa shape index (κ2) is 7.27. The van der Waals surface area contributed by atoms with Crippen LogP contribution in [0.4, 0.5) is 0 Å². The molecule has 1 aromatic rings. The number of rotatable bonds is 7. The highest BCUT2D eigenvalue weighted by Gasteiger charge is 2.42. The molecular formula is C14H25BO5SSi. The maximum absolute atomic E-state index is 12.3. The molecule has 0 fully saturated rings.